The summed E-state index contributed by atoms with van der Waals surface area (Å²) < 4.78 is 13.7. The molecule has 2 aromatic carbocycles. The quantitative estimate of drug-likeness (QED) is 0.874. The monoisotopic (exact) mass is 326 g/mol. The summed E-state index contributed by atoms with van der Waals surface area (Å²) in [5.74, 6) is -0.233. The Balaban J connectivity index is 2.22. The van der Waals surface area contributed by atoms with Gasteiger partial charge in [-0.2, -0.15) is 0 Å². The highest BCUT2D eigenvalue weighted by molar-refractivity contribution is 9.10. The Morgan fingerprint density at radius 3 is 2.39 bits per heavy atom. The second kappa shape index (κ2) is 5.87. The van der Waals surface area contributed by atoms with Gasteiger partial charge in [0.05, 0.1) is 6.10 Å². The molecule has 0 fully saturated rings. The molecular formula is C14H12BrFOS. The maximum Gasteiger partial charge on any atom is 0.123 e. The van der Waals surface area contributed by atoms with E-state index in [1.165, 1.54) is 12.1 Å². The van der Waals surface area contributed by atoms with Gasteiger partial charge in [0, 0.05) is 14.3 Å². The minimum absolute atomic E-state index is 0.233. The van der Waals surface area contributed by atoms with Gasteiger partial charge in [-0.3, -0.25) is 0 Å². The first kappa shape index (κ1) is 13.6. The number of aliphatic hydroxyl groups is 1. The first-order chi connectivity index (χ1) is 8.56. The van der Waals surface area contributed by atoms with Crippen LogP contribution in [-0.4, -0.2) is 5.11 Å². The second-order valence-electron chi connectivity index (χ2n) is 3.92. The van der Waals surface area contributed by atoms with Crippen molar-refractivity contribution in [2.45, 2.75) is 22.8 Å². The fourth-order valence-electron chi connectivity index (χ4n) is 1.49. The molecular weight excluding hydrogens is 315 g/mol. The topological polar surface area (TPSA) is 20.2 Å². The predicted octanol–water partition coefficient (Wildman–Crippen LogP) is 4.79. The molecule has 18 heavy (non-hydrogen) atoms. The van der Waals surface area contributed by atoms with Gasteiger partial charge >= 0.3 is 0 Å². The van der Waals surface area contributed by atoms with Gasteiger partial charge in [-0.1, -0.05) is 17.8 Å². The van der Waals surface area contributed by atoms with Crippen LogP contribution < -0.4 is 0 Å². The van der Waals surface area contributed by atoms with Crippen molar-refractivity contribution in [3.63, 3.8) is 0 Å². The van der Waals surface area contributed by atoms with E-state index in [1.54, 1.807) is 30.8 Å². The van der Waals surface area contributed by atoms with Crippen LogP contribution in [-0.2, 0) is 0 Å². The van der Waals surface area contributed by atoms with E-state index in [9.17, 15) is 9.50 Å². The molecule has 0 amide bonds. The van der Waals surface area contributed by atoms with Crippen LogP contribution in [0.5, 0.6) is 0 Å². The number of aliphatic hydroxyl groups excluding tert-OH is 1. The zero-order chi connectivity index (χ0) is 13.1. The summed E-state index contributed by atoms with van der Waals surface area (Å²) in [5, 5.41) is 9.49. The van der Waals surface area contributed by atoms with E-state index in [4.69, 9.17) is 0 Å². The molecule has 4 heteroatoms. The summed E-state index contributed by atoms with van der Waals surface area (Å²) in [6, 6.07) is 12.1. The largest absolute Gasteiger partial charge is 0.389 e. The van der Waals surface area contributed by atoms with Gasteiger partial charge in [-0.15, -0.1) is 0 Å². The van der Waals surface area contributed by atoms with Crippen LogP contribution in [0.2, 0.25) is 0 Å². The van der Waals surface area contributed by atoms with Crippen LogP contribution in [0.25, 0.3) is 0 Å². The molecule has 0 spiro atoms. The van der Waals surface area contributed by atoms with Crippen molar-refractivity contribution >= 4 is 27.7 Å². The van der Waals surface area contributed by atoms with E-state index in [0.29, 0.717) is 0 Å². The van der Waals surface area contributed by atoms with Gasteiger partial charge in [-0.05, 0) is 64.8 Å². The normalized spacial score (nSPS) is 12.4. The van der Waals surface area contributed by atoms with E-state index in [2.05, 4.69) is 15.9 Å². The minimum atomic E-state index is -0.480. The summed E-state index contributed by atoms with van der Waals surface area (Å²) in [7, 11) is 0. The lowest BCUT2D eigenvalue weighted by atomic mass is 10.1. The molecule has 0 bridgehead atoms. The van der Waals surface area contributed by atoms with Crippen molar-refractivity contribution < 1.29 is 9.50 Å². The van der Waals surface area contributed by atoms with Crippen molar-refractivity contribution in [2.75, 3.05) is 0 Å². The van der Waals surface area contributed by atoms with Crippen LogP contribution in [0, 0.1) is 5.82 Å². The lowest BCUT2D eigenvalue weighted by Crippen LogP contribution is -1.90. The van der Waals surface area contributed by atoms with Crippen molar-refractivity contribution in [3.05, 3.63) is 58.3 Å². The molecule has 0 unspecified atom stereocenters. The lowest BCUT2D eigenvalue weighted by Gasteiger charge is -2.09. The summed E-state index contributed by atoms with van der Waals surface area (Å²) in [4.78, 5) is 2.01. The lowest BCUT2D eigenvalue weighted by molar-refractivity contribution is 0.199. The second-order valence-corrected chi connectivity index (χ2v) is 5.89. The molecule has 0 saturated carbocycles. The molecule has 0 saturated heterocycles. The van der Waals surface area contributed by atoms with Crippen LogP contribution >= 0.6 is 27.7 Å². The fraction of sp³-hybridized carbons (Fsp3) is 0.143. The summed E-state index contributed by atoms with van der Waals surface area (Å²) in [6.07, 6.45) is -0.480. The van der Waals surface area contributed by atoms with Gasteiger partial charge in [0.1, 0.15) is 5.82 Å². The van der Waals surface area contributed by atoms with Gasteiger partial charge in [0.15, 0.2) is 0 Å². The molecule has 0 aromatic heterocycles. The molecule has 1 atom stereocenters. The predicted molar refractivity (Wildman–Crippen MR) is 75.3 cm³/mol. The minimum Gasteiger partial charge on any atom is -0.389 e. The first-order valence-electron chi connectivity index (χ1n) is 5.47. The molecule has 0 aliphatic carbocycles. The highest BCUT2D eigenvalue weighted by atomic mass is 79.9. The van der Waals surface area contributed by atoms with Crippen LogP contribution in [0.15, 0.2) is 56.7 Å². The molecule has 2 rings (SSSR count). The number of halogens is 2. The standard InChI is InChI=1S/C14H12BrFOS/c1-9(17)10-2-7-14(13(15)8-10)18-12-5-3-11(16)4-6-12/h2-9,17H,1H3/t9-/m1/s1. The zero-order valence-corrected chi connectivity index (χ0v) is 12.1. The van der Waals surface area contributed by atoms with Gasteiger partial charge in [0.2, 0.25) is 0 Å². The number of benzene rings is 2. The Kier molecular flexibility index (Phi) is 4.43. The molecule has 0 radical (unpaired) electrons. The van der Waals surface area contributed by atoms with Gasteiger partial charge < -0.3 is 5.11 Å². The number of hydrogen-bond acceptors (Lipinski definition) is 2. The summed E-state index contributed by atoms with van der Waals surface area (Å²) in [6.45, 7) is 1.73. The maximum atomic E-state index is 12.8. The SMILES string of the molecule is C[C@@H](O)c1ccc(Sc2ccc(F)cc2)c(Br)c1. The Bertz CT molecular complexity index is 540. The average molecular weight is 327 g/mol. The average Bonchev–Trinajstić information content (AvgIpc) is 2.34. The Labute approximate surface area is 118 Å². The van der Waals surface area contributed by atoms with Gasteiger partial charge in [-0.25, -0.2) is 4.39 Å². The Morgan fingerprint density at radius 2 is 1.83 bits per heavy atom. The number of hydrogen-bond donors (Lipinski definition) is 1. The fourth-order valence-corrected chi connectivity index (χ4v) is 2.95. The molecule has 2 aromatic rings. The van der Waals surface area contributed by atoms with E-state index >= 15 is 0 Å². The third-order valence-corrected chi connectivity index (χ3v) is 4.48. The van der Waals surface area contributed by atoms with Crippen molar-refractivity contribution in [1.29, 1.82) is 0 Å². The van der Waals surface area contributed by atoms with Crippen LogP contribution in [0.3, 0.4) is 0 Å². The van der Waals surface area contributed by atoms with Crippen molar-refractivity contribution in [3.8, 4) is 0 Å². The third-order valence-electron chi connectivity index (χ3n) is 2.48. The zero-order valence-electron chi connectivity index (χ0n) is 9.73. The molecule has 94 valence electrons. The number of rotatable bonds is 3. The maximum absolute atomic E-state index is 12.8. The molecule has 1 N–H and O–H groups in total. The summed E-state index contributed by atoms with van der Waals surface area (Å²) >= 11 is 5.03. The van der Waals surface area contributed by atoms with Crippen LogP contribution in [0.1, 0.15) is 18.6 Å². The molecule has 0 aliphatic heterocycles. The van der Waals surface area contributed by atoms with E-state index in [-0.39, 0.29) is 5.82 Å². The van der Waals surface area contributed by atoms with Gasteiger partial charge in [0.25, 0.3) is 0 Å². The summed E-state index contributed by atoms with van der Waals surface area (Å²) in [5.41, 5.74) is 0.866. The molecule has 1 nitrogen and oxygen atoms in total. The van der Waals surface area contributed by atoms with Crippen molar-refractivity contribution in [1.82, 2.24) is 0 Å². The Morgan fingerprint density at radius 1 is 1.17 bits per heavy atom. The van der Waals surface area contributed by atoms with E-state index < -0.39 is 6.10 Å². The highest BCUT2D eigenvalue weighted by Crippen LogP contribution is 2.34. The van der Waals surface area contributed by atoms with E-state index in [0.717, 1.165) is 19.8 Å². The molecule has 0 aliphatic rings. The highest BCUT2D eigenvalue weighted by Gasteiger charge is 2.06. The van der Waals surface area contributed by atoms with Crippen LogP contribution in [0.4, 0.5) is 4.39 Å². The smallest absolute Gasteiger partial charge is 0.123 e. The Hall–Kier alpha value is -0.840. The van der Waals surface area contributed by atoms with E-state index in [1.807, 2.05) is 18.2 Å². The first-order valence-corrected chi connectivity index (χ1v) is 7.08. The third kappa shape index (κ3) is 3.34. The molecule has 0 heterocycles. The van der Waals surface area contributed by atoms with Crippen molar-refractivity contribution in [2.24, 2.45) is 0 Å².